The van der Waals surface area contributed by atoms with Crippen molar-refractivity contribution in [2.45, 2.75) is 20.1 Å². The molecule has 104 valence electrons. The fourth-order valence-electron chi connectivity index (χ4n) is 2.68. The Kier molecular flexibility index (Phi) is 4.56. The van der Waals surface area contributed by atoms with Crippen molar-refractivity contribution in [2.75, 3.05) is 20.2 Å². The molecular weight excluding hydrogens is 242 g/mol. The minimum absolute atomic E-state index is 0.227. The smallest absolute Gasteiger partial charge is 0.308 e. The molecule has 1 saturated heterocycles. The van der Waals surface area contributed by atoms with Crippen LogP contribution in [0.3, 0.4) is 0 Å². The highest BCUT2D eigenvalue weighted by Gasteiger charge is 2.34. The van der Waals surface area contributed by atoms with Gasteiger partial charge in [0, 0.05) is 26.7 Å². The van der Waals surface area contributed by atoms with Gasteiger partial charge in [-0.2, -0.15) is 0 Å². The summed E-state index contributed by atoms with van der Waals surface area (Å²) >= 11 is 0. The molecule has 1 fully saturated rings. The van der Waals surface area contributed by atoms with Gasteiger partial charge in [-0.15, -0.1) is 0 Å². The maximum Gasteiger partial charge on any atom is 0.308 e. The van der Waals surface area contributed by atoms with Crippen molar-refractivity contribution >= 4 is 5.97 Å². The Labute approximate surface area is 114 Å². The molecule has 0 saturated carbocycles. The van der Waals surface area contributed by atoms with E-state index < -0.39 is 5.97 Å². The number of hydrogen-bond acceptors (Lipinski definition) is 3. The van der Waals surface area contributed by atoms with Crippen LogP contribution >= 0.6 is 0 Å². The van der Waals surface area contributed by atoms with Gasteiger partial charge in [-0.1, -0.05) is 31.2 Å². The van der Waals surface area contributed by atoms with E-state index in [4.69, 9.17) is 9.84 Å². The third-order valence-electron chi connectivity index (χ3n) is 3.75. The average Bonchev–Trinajstić information content (AvgIpc) is 2.73. The molecule has 4 nitrogen and oxygen atoms in total. The second-order valence-corrected chi connectivity index (χ2v) is 5.37. The summed E-state index contributed by atoms with van der Waals surface area (Å²) < 4.78 is 5.08. The Hall–Kier alpha value is -1.39. The number of carbonyl (C=O) groups is 1. The van der Waals surface area contributed by atoms with Gasteiger partial charge in [-0.25, -0.2) is 0 Å². The summed E-state index contributed by atoms with van der Waals surface area (Å²) in [5.41, 5.74) is 2.38. The first-order valence-electron chi connectivity index (χ1n) is 6.62. The van der Waals surface area contributed by atoms with Gasteiger partial charge in [0.2, 0.25) is 0 Å². The molecule has 0 radical (unpaired) electrons. The predicted octanol–water partition coefficient (Wildman–Crippen LogP) is 1.99. The van der Waals surface area contributed by atoms with Crippen molar-refractivity contribution in [2.24, 2.45) is 11.8 Å². The molecule has 0 aliphatic carbocycles. The third-order valence-corrected chi connectivity index (χ3v) is 3.75. The normalized spacial score (nSPS) is 23.7. The van der Waals surface area contributed by atoms with E-state index >= 15 is 0 Å². The zero-order valence-corrected chi connectivity index (χ0v) is 11.5. The van der Waals surface area contributed by atoms with Gasteiger partial charge in [0.25, 0.3) is 0 Å². The summed E-state index contributed by atoms with van der Waals surface area (Å²) in [6.07, 6.45) is 0. The highest BCUT2D eigenvalue weighted by Crippen LogP contribution is 2.24. The zero-order valence-electron chi connectivity index (χ0n) is 11.5. The van der Waals surface area contributed by atoms with Crippen molar-refractivity contribution in [1.29, 1.82) is 0 Å². The van der Waals surface area contributed by atoms with Crippen LogP contribution in [0.1, 0.15) is 18.1 Å². The number of methoxy groups -OCH3 is 1. The number of ether oxygens (including phenoxy) is 1. The number of hydrogen-bond donors (Lipinski definition) is 1. The van der Waals surface area contributed by atoms with Crippen LogP contribution in [0, 0.1) is 11.8 Å². The van der Waals surface area contributed by atoms with Crippen LogP contribution in [0.25, 0.3) is 0 Å². The summed E-state index contributed by atoms with van der Waals surface area (Å²) in [6, 6.07) is 8.31. The molecule has 1 N–H and O–H groups in total. The first-order valence-corrected chi connectivity index (χ1v) is 6.62. The van der Waals surface area contributed by atoms with Crippen LogP contribution in [0.15, 0.2) is 24.3 Å². The van der Waals surface area contributed by atoms with E-state index in [1.54, 1.807) is 7.11 Å². The van der Waals surface area contributed by atoms with Crippen molar-refractivity contribution in [3.05, 3.63) is 35.4 Å². The van der Waals surface area contributed by atoms with E-state index in [0.29, 0.717) is 13.2 Å². The molecule has 2 atom stereocenters. The Morgan fingerprint density at radius 1 is 1.32 bits per heavy atom. The molecule has 4 heteroatoms. The molecule has 0 amide bonds. The number of benzene rings is 1. The summed E-state index contributed by atoms with van der Waals surface area (Å²) in [5.74, 6) is -0.677. The van der Waals surface area contributed by atoms with Gasteiger partial charge in [-0.05, 0) is 17.0 Å². The highest BCUT2D eigenvalue weighted by atomic mass is 16.5. The van der Waals surface area contributed by atoms with E-state index in [0.717, 1.165) is 18.7 Å². The lowest BCUT2D eigenvalue weighted by Gasteiger charge is -2.15. The Balaban J connectivity index is 1.93. The second kappa shape index (κ2) is 6.17. The average molecular weight is 263 g/mol. The van der Waals surface area contributed by atoms with E-state index in [2.05, 4.69) is 29.2 Å². The van der Waals surface area contributed by atoms with Crippen LogP contribution in [0.5, 0.6) is 0 Å². The topological polar surface area (TPSA) is 49.8 Å². The largest absolute Gasteiger partial charge is 0.481 e. The number of aliphatic carboxylic acids is 1. The maximum absolute atomic E-state index is 11.1. The molecule has 19 heavy (non-hydrogen) atoms. The van der Waals surface area contributed by atoms with Gasteiger partial charge in [0.05, 0.1) is 12.5 Å². The molecule has 0 spiro atoms. The molecule has 1 aromatic rings. The summed E-state index contributed by atoms with van der Waals surface area (Å²) in [5, 5.41) is 9.12. The fraction of sp³-hybridized carbons (Fsp3) is 0.533. The van der Waals surface area contributed by atoms with Gasteiger partial charge < -0.3 is 9.84 Å². The number of rotatable bonds is 5. The van der Waals surface area contributed by atoms with Gasteiger partial charge in [0.1, 0.15) is 0 Å². The van der Waals surface area contributed by atoms with E-state index in [9.17, 15) is 4.79 Å². The predicted molar refractivity (Wildman–Crippen MR) is 72.7 cm³/mol. The summed E-state index contributed by atoms with van der Waals surface area (Å²) in [6.45, 7) is 4.97. The van der Waals surface area contributed by atoms with Crippen molar-refractivity contribution in [1.82, 2.24) is 4.90 Å². The Morgan fingerprint density at radius 2 is 1.95 bits per heavy atom. The second-order valence-electron chi connectivity index (χ2n) is 5.37. The fourth-order valence-corrected chi connectivity index (χ4v) is 2.68. The lowest BCUT2D eigenvalue weighted by molar-refractivity contribution is -0.142. The van der Waals surface area contributed by atoms with Crippen molar-refractivity contribution < 1.29 is 14.6 Å². The van der Waals surface area contributed by atoms with Crippen LogP contribution in [0.4, 0.5) is 0 Å². The Bertz CT molecular complexity index is 430. The molecule has 2 unspecified atom stereocenters. The van der Waals surface area contributed by atoms with Crippen LogP contribution in [-0.2, 0) is 22.7 Å². The molecule has 0 aromatic heterocycles. The molecule has 1 aromatic carbocycles. The maximum atomic E-state index is 11.1. The molecule has 1 heterocycles. The van der Waals surface area contributed by atoms with Crippen LogP contribution in [0.2, 0.25) is 0 Å². The number of carboxylic acids is 1. The van der Waals surface area contributed by atoms with Gasteiger partial charge >= 0.3 is 5.97 Å². The number of carboxylic acid groups (broad SMARTS) is 1. The van der Waals surface area contributed by atoms with Crippen LogP contribution in [-0.4, -0.2) is 36.2 Å². The molecule has 1 aliphatic heterocycles. The van der Waals surface area contributed by atoms with Gasteiger partial charge in [0.15, 0.2) is 0 Å². The van der Waals surface area contributed by atoms with Crippen molar-refractivity contribution in [3.63, 3.8) is 0 Å². The van der Waals surface area contributed by atoms with Crippen molar-refractivity contribution in [3.8, 4) is 0 Å². The molecule has 1 aliphatic rings. The lowest BCUT2D eigenvalue weighted by atomic mass is 9.99. The number of nitrogens with zero attached hydrogens (tertiary/aromatic N) is 1. The SMILES string of the molecule is COCc1ccc(CN2CC(C)C(C(=O)O)C2)cc1. The highest BCUT2D eigenvalue weighted by molar-refractivity contribution is 5.71. The van der Waals surface area contributed by atoms with Crippen LogP contribution < -0.4 is 0 Å². The first kappa shape index (κ1) is 14.0. The minimum atomic E-state index is -0.676. The minimum Gasteiger partial charge on any atom is -0.481 e. The van der Waals surface area contributed by atoms with Gasteiger partial charge in [-0.3, -0.25) is 9.69 Å². The first-order chi connectivity index (χ1) is 9.10. The summed E-state index contributed by atoms with van der Waals surface area (Å²) in [4.78, 5) is 13.3. The Morgan fingerprint density at radius 3 is 2.47 bits per heavy atom. The third kappa shape index (κ3) is 3.55. The zero-order chi connectivity index (χ0) is 13.8. The number of likely N-dealkylation sites (tertiary alicyclic amines) is 1. The standard InChI is InChI=1S/C15H21NO3/c1-11-7-16(9-14(11)15(17)18)8-12-3-5-13(6-4-12)10-19-2/h3-6,11,14H,7-10H2,1-2H3,(H,17,18). The van der Waals surface area contributed by atoms with E-state index in [1.807, 2.05) is 6.92 Å². The van der Waals surface area contributed by atoms with E-state index in [1.165, 1.54) is 5.56 Å². The summed E-state index contributed by atoms with van der Waals surface area (Å²) in [7, 11) is 1.69. The monoisotopic (exact) mass is 263 g/mol. The molecule has 0 bridgehead atoms. The quantitative estimate of drug-likeness (QED) is 0.882. The lowest BCUT2D eigenvalue weighted by Crippen LogP contribution is -2.23. The van der Waals surface area contributed by atoms with E-state index in [-0.39, 0.29) is 11.8 Å². The molecular formula is C15H21NO3. The molecule has 2 rings (SSSR count).